The molecule has 2 fully saturated rings. The Balaban J connectivity index is 2.00. The highest BCUT2D eigenvalue weighted by Gasteiger charge is 2.48. The molecule has 4 rings (SSSR count). The van der Waals surface area contributed by atoms with Gasteiger partial charge in [0.05, 0.1) is 17.7 Å². The molecule has 81 heavy (non-hydrogen) atoms. The van der Waals surface area contributed by atoms with Crippen molar-refractivity contribution in [1.82, 2.24) is 29.8 Å². The van der Waals surface area contributed by atoms with Gasteiger partial charge in [-0.1, -0.05) is 99.9 Å². The standard InChI is InChI=1S/C62H92I2N6O11/c1-17-38(9)45-34-49(71)47-26-21-27-70(47)59(77)48(32-41-23-20-25-44(64)30-41)66(13)58(76)46(31-40-22-19-24-43(63)29-40)65-55(73)52(37(7)8)68(15)60(78)53(39(10)18-2)81-61(79)54(62(11,12)80)69(16)56(74)42(28-35(3)4)33-50(72)51(36(5)6)67(14)57(45)75/h19-20,22-25,29-30,35-39,42,45-48,51-54,80H,17-18,21,26-28,31-34H2,1-16H3,(H,65,73)/t38?,39?,42-,45+,46?,47?,48?,51+,52+,53-,54-/m1/s1. The maximum absolute atomic E-state index is 15.4. The molecule has 0 spiro atoms. The molecule has 0 bridgehead atoms. The highest BCUT2D eigenvalue weighted by molar-refractivity contribution is 14.1. The molecule has 5 unspecified atom stereocenters. The monoisotopic (exact) mass is 1350 g/mol. The van der Waals surface area contributed by atoms with Crippen LogP contribution in [0.4, 0.5) is 0 Å². The number of benzene rings is 2. The van der Waals surface area contributed by atoms with Gasteiger partial charge in [-0.3, -0.25) is 38.4 Å². The number of carbonyl (C=O) groups is 9. The molecular weight excluding hydrogens is 1260 g/mol. The quantitative estimate of drug-likeness (QED) is 0.146. The molecular formula is C62H92I2N6O11. The van der Waals surface area contributed by atoms with E-state index in [0.29, 0.717) is 31.2 Å². The number of halogens is 2. The normalized spacial score (nSPS) is 26.4. The highest BCUT2D eigenvalue weighted by atomic mass is 127. The van der Waals surface area contributed by atoms with Crippen LogP contribution in [0.1, 0.15) is 139 Å². The van der Waals surface area contributed by atoms with Gasteiger partial charge in [-0.15, -0.1) is 0 Å². The lowest BCUT2D eigenvalue weighted by atomic mass is 9.82. The largest absolute Gasteiger partial charge is 0.450 e. The van der Waals surface area contributed by atoms with Crippen molar-refractivity contribution >= 4 is 98.2 Å². The van der Waals surface area contributed by atoms with Gasteiger partial charge < -0.3 is 39.7 Å². The second-order valence-corrected chi connectivity index (χ2v) is 27.1. The first kappa shape index (κ1) is 69.0. The molecule has 2 aromatic rings. The van der Waals surface area contributed by atoms with Crippen molar-refractivity contribution in [3.63, 3.8) is 0 Å². The summed E-state index contributed by atoms with van der Waals surface area (Å²) in [5.41, 5.74) is -0.470. The molecule has 0 aromatic heterocycles. The molecule has 450 valence electrons. The Labute approximate surface area is 509 Å². The number of nitrogens with one attached hydrogen (secondary N) is 1. The number of amides is 6. The summed E-state index contributed by atoms with van der Waals surface area (Å²) < 4.78 is 7.92. The van der Waals surface area contributed by atoms with Crippen LogP contribution in [0.25, 0.3) is 0 Å². The summed E-state index contributed by atoms with van der Waals surface area (Å²) in [6.07, 6.45) is -0.0618. The first-order valence-electron chi connectivity index (χ1n) is 28.9. The van der Waals surface area contributed by atoms with Crippen LogP contribution in [0.3, 0.4) is 0 Å². The summed E-state index contributed by atoms with van der Waals surface area (Å²) in [5.74, 6) is -9.28. The lowest BCUT2D eigenvalue weighted by Crippen LogP contribution is -2.61. The van der Waals surface area contributed by atoms with Gasteiger partial charge in [0.15, 0.2) is 23.7 Å². The molecule has 2 aliphatic rings. The van der Waals surface area contributed by atoms with Crippen molar-refractivity contribution in [3.05, 3.63) is 66.8 Å². The van der Waals surface area contributed by atoms with Gasteiger partial charge in [0.2, 0.25) is 29.5 Å². The lowest BCUT2D eigenvalue weighted by Gasteiger charge is -2.39. The summed E-state index contributed by atoms with van der Waals surface area (Å²) in [6, 6.07) is 7.74. The van der Waals surface area contributed by atoms with Gasteiger partial charge in [0.1, 0.15) is 18.1 Å². The number of hydrogen-bond donors (Lipinski definition) is 2. The number of ether oxygens (including phenoxy) is 1. The molecule has 2 aliphatic heterocycles. The fraction of sp³-hybridized carbons (Fsp3) is 0.661. The van der Waals surface area contributed by atoms with Crippen LogP contribution in [0.5, 0.6) is 0 Å². The Morgan fingerprint density at radius 2 is 1.20 bits per heavy atom. The van der Waals surface area contributed by atoms with Gasteiger partial charge in [-0.05, 0) is 144 Å². The number of fused-ring (bicyclic) bond motifs is 1. The number of likely N-dealkylation sites (N-methyl/N-ethyl adjacent to an activating group) is 4. The van der Waals surface area contributed by atoms with E-state index in [1.165, 1.54) is 54.6 Å². The minimum absolute atomic E-state index is 0.00163. The minimum atomic E-state index is -1.94. The highest BCUT2D eigenvalue weighted by Crippen LogP contribution is 2.32. The summed E-state index contributed by atoms with van der Waals surface area (Å²) in [5, 5.41) is 14.7. The lowest BCUT2D eigenvalue weighted by molar-refractivity contribution is -0.178. The van der Waals surface area contributed by atoms with Gasteiger partial charge in [-0.25, -0.2) is 4.79 Å². The molecule has 2 aromatic carbocycles. The van der Waals surface area contributed by atoms with Crippen molar-refractivity contribution in [3.8, 4) is 0 Å². The molecule has 0 saturated carbocycles. The number of aliphatic hydroxyl groups is 1. The Bertz CT molecular complexity index is 2570. The maximum atomic E-state index is 15.4. The maximum Gasteiger partial charge on any atom is 0.332 e. The van der Waals surface area contributed by atoms with Gasteiger partial charge in [-0.2, -0.15) is 0 Å². The first-order valence-corrected chi connectivity index (χ1v) is 31.1. The van der Waals surface area contributed by atoms with Crippen LogP contribution in [-0.4, -0.2) is 165 Å². The number of hydrogen-bond acceptors (Lipinski definition) is 11. The Hall–Kier alpha value is -4.51. The third kappa shape index (κ3) is 17.8. The zero-order chi connectivity index (χ0) is 61.1. The molecule has 17 nitrogen and oxygen atoms in total. The van der Waals surface area contributed by atoms with Crippen LogP contribution in [0, 0.1) is 48.6 Å². The molecule has 2 N–H and O–H groups in total. The smallest absolute Gasteiger partial charge is 0.332 e. The third-order valence-corrected chi connectivity index (χ3v) is 17.9. The van der Waals surface area contributed by atoms with Crippen LogP contribution < -0.4 is 5.32 Å². The topological polar surface area (TPSA) is 211 Å². The number of esters is 1. The number of nitrogens with zero attached hydrogens (tertiary/aromatic N) is 5. The van der Waals surface area contributed by atoms with Gasteiger partial charge in [0, 0.05) is 85.3 Å². The Morgan fingerprint density at radius 3 is 1.70 bits per heavy atom. The molecule has 2 saturated heterocycles. The average Bonchev–Trinajstić information content (AvgIpc) is 4.01. The van der Waals surface area contributed by atoms with E-state index in [1.807, 2.05) is 97.0 Å². The van der Waals surface area contributed by atoms with E-state index in [0.717, 1.165) is 17.6 Å². The number of rotatable bonds is 13. The molecule has 2 heterocycles. The average molecular weight is 1350 g/mol. The molecule has 6 amide bonds. The van der Waals surface area contributed by atoms with E-state index in [-0.39, 0.29) is 56.3 Å². The number of carbonyl (C=O) groups excluding carboxylic acids is 9. The predicted molar refractivity (Wildman–Crippen MR) is 329 cm³/mol. The zero-order valence-electron chi connectivity index (χ0n) is 50.8. The third-order valence-electron chi connectivity index (χ3n) is 16.6. The first-order chi connectivity index (χ1) is 37.8. The Kier molecular flexibility index (Phi) is 25.8. The molecule has 0 radical (unpaired) electrons. The van der Waals surface area contributed by atoms with E-state index < -0.39 is 125 Å². The minimum Gasteiger partial charge on any atom is -0.450 e. The number of cyclic esters (lactones) is 1. The van der Waals surface area contributed by atoms with Crippen LogP contribution in [0.15, 0.2) is 48.5 Å². The second-order valence-electron chi connectivity index (χ2n) is 24.6. The van der Waals surface area contributed by atoms with Crippen molar-refractivity contribution in [2.45, 2.75) is 189 Å². The second kappa shape index (κ2) is 30.3. The van der Waals surface area contributed by atoms with E-state index in [4.69, 9.17) is 4.74 Å². The summed E-state index contributed by atoms with van der Waals surface area (Å²) in [7, 11) is 5.85. The number of ketones is 2. The van der Waals surface area contributed by atoms with Crippen molar-refractivity contribution < 1.29 is 53.0 Å². The summed E-state index contributed by atoms with van der Waals surface area (Å²) >= 11 is 4.36. The van der Waals surface area contributed by atoms with Crippen molar-refractivity contribution in [2.24, 2.45) is 41.4 Å². The molecule has 19 heteroatoms. The SMILES string of the molecule is CCC(C)[C@@H]1CC(=O)C2CCCN2C(=O)C(Cc2cccc(I)c2)N(C)C(=O)C(Cc2cccc(I)c2)NC(=O)[C@H](C(C)C)N(C)C(=O)[C@@H](C(C)CC)OC(=O)[C@H](C(C)(C)O)N(C)C(=O)[C@H](CC(C)C)CC(=O)[C@H](C(C)C)N(C)C1=O. The number of Topliss-reactive ketones (excluding diaryl/α,β-unsaturated/α-hetero) is 2. The summed E-state index contributed by atoms with van der Waals surface area (Å²) in [6.45, 7) is 21.2. The fourth-order valence-corrected chi connectivity index (χ4v) is 13.0. The van der Waals surface area contributed by atoms with Crippen LogP contribution in [-0.2, 0) is 60.7 Å². The molecule has 0 aliphatic carbocycles. The van der Waals surface area contributed by atoms with Crippen molar-refractivity contribution in [1.29, 1.82) is 0 Å². The van der Waals surface area contributed by atoms with E-state index in [2.05, 4.69) is 50.5 Å². The fourth-order valence-electron chi connectivity index (χ4n) is 11.8. The van der Waals surface area contributed by atoms with Crippen LogP contribution >= 0.6 is 45.2 Å². The zero-order valence-corrected chi connectivity index (χ0v) is 55.1. The predicted octanol–water partition coefficient (Wildman–Crippen LogP) is 7.76. The van der Waals surface area contributed by atoms with Crippen molar-refractivity contribution in [2.75, 3.05) is 34.7 Å². The van der Waals surface area contributed by atoms with E-state index >= 15 is 19.2 Å². The van der Waals surface area contributed by atoms with E-state index in [1.54, 1.807) is 27.8 Å². The Morgan fingerprint density at radius 1 is 0.654 bits per heavy atom. The van der Waals surface area contributed by atoms with Gasteiger partial charge in [0.25, 0.3) is 5.91 Å². The molecule has 11 atom stereocenters. The van der Waals surface area contributed by atoms with Crippen LogP contribution in [0.2, 0.25) is 0 Å². The summed E-state index contributed by atoms with van der Waals surface area (Å²) in [4.78, 5) is 142. The van der Waals surface area contributed by atoms with Gasteiger partial charge >= 0.3 is 5.97 Å². The van der Waals surface area contributed by atoms with E-state index in [9.17, 15) is 29.1 Å².